The van der Waals surface area contributed by atoms with E-state index in [-0.39, 0.29) is 24.2 Å². The number of rotatable bonds is 3. The zero-order valence-corrected chi connectivity index (χ0v) is 12.3. The van der Waals surface area contributed by atoms with E-state index in [9.17, 15) is 13.6 Å². The minimum atomic E-state index is -0.701. The van der Waals surface area contributed by atoms with Crippen molar-refractivity contribution in [2.75, 3.05) is 31.1 Å². The number of carbonyl (C=O) groups excluding carboxylic acids is 1. The average Bonchev–Trinajstić information content (AvgIpc) is 2.89. The Balaban J connectivity index is 1.73. The van der Waals surface area contributed by atoms with Crippen molar-refractivity contribution in [2.45, 2.75) is 25.3 Å². The maximum absolute atomic E-state index is 13.9. The summed E-state index contributed by atoms with van der Waals surface area (Å²) >= 11 is 0. The van der Waals surface area contributed by atoms with Gasteiger partial charge in [0, 0.05) is 13.2 Å². The molecule has 0 aromatic heterocycles. The first-order chi connectivity index (χ1) is 10.6. The van der Waals surface area contributed by atoms with Gasteiger partial charge in [-0.15, -0.1) is 0 Å². The van der Waals surface area contributed by atoms with Crippen molar-refractivity contribution < 1.29 is 18.7 Å². The Labute approximate surface area is 128 Å². The van der Waals surface area contributed by atoms with Gasteiger partial charge in [0.25, 0.3) is 0 Å². The molecule has 1 N–H and O–H groups in total. The lowest BCUT2D eigenvalue weighted by atomic mass is 9.96. The van der Waals surface area contributed by atoms with Crippen molar-refractivity contribution in [2.24, 2.45) is 5.92 Å². The van der Waals surface area contributed by atoms with Crippen LogP contribution in [0.25, 0.3) is 0 Å². The zero-order valence-electron chi connectivity index (χ0n) is 12.3. The quantitative estimate of drug-likeness (QED) is 0.925. The molecule has 3 rings (SSSR count). The summed E-state index contributed by atoms with van der Waals surface area (Å²) in [6, 6.07) is 3.34. The number of para-hydroxylation sites is 1. The molecule has 0 saturated carbocycles. The molecule has 1 aromatic rings. The minimum absolute atomic E-state index is 0.180. The van der Waals surface area contributed by atoms with E-state index in [1.54, 1.807) is 0 Å². The van der Waals surface area contributed by atoms with Crippen LogP contribution in [0.15, 0.2) is 18.2 Å². The summed E-state index contributed by atoms with van der Waals surface area (Å²) in [6.07, 6.45) is 2.29. The van der Waals surface area contributed by atoms with Crippen molar-refractivity contribution in [3.63, 3.8) is 0 Å². The SMILES string of the molecule is O=C1C(N2CCC(CO)CC2)CCN1c1c(F)cccc1F. The molecule has 1 unspecified atom stereocenters. The van der Waals surface area contributed by atoms with Crippen molar-refractivity contribution in [1.82, 2.24) is 4.90 Å². The van der Waals surface area contributed by atoms with Crippen LogP contribution in [0.2, 0.25) is 0 Å². The van der Waals surface area contributed by atoms with Crippen LogP contribution in [-0.4, -0.2) is 48.2 Å². The summed E-state index contributed by atoms with van der Waals surface area (Å²) in [4.78, 5) is 15.9. The van der Waals surface area contributed by atoms with E-state index < -0.39 is 11.6 Å². The third-order valence-electron chi connectivity index (χ3n) is 4.73. The number of carbonyl (C=O) groups is 1. The molecule has 6 heteroatoms. The fourth-order valence-electron chi connectivity index (χ4n) is 3.42. The maximum atomic E-state index is 13.9. The van der Waals surface area contributed by atoms with Crippen LogP contribution in [0, 0.1) is 17.6 Å². The number of nitrogens with zero attached hydrogens (tertiary/aromatic N) is 2. The Morgan fingerprint density at radius 2 is 1.73 bits per heavy atom. The van der Waals surface area contributed by atoms with E-state index >= 15 is 0 Å². The third kappa shape index (κ3) is 2.73. The normalized spacial score (nSPS) is 24.2. The molecule has 0 spiro atoms. The first kappa shape index (κ1) is 15.4. The first-order valence-corrected chi connectivity index (χ1v) is 7.72. The molecule has 0 aliphatic carbocycles. The lowest BCUT2D eigenvalue weighted by Crippen LogP contribution is -2.46. The summed E-state index contributed by atoms with van der Waals surface area (Å²) in [5.41, 5.74) is -0.236. The van der Waals surface area contributed by atoms with Gasteiger partial charge in [-0.3, -0.25) is 9.69 Å². The Bertz CT molecular complexity index is 539. The Kier molecular flexibility index (Phi) is 4.40. The molecular weight excluding hydrogens is 290 g/mol. The molecule has 1 aromatic carbocycles. The van der Waals surface area contributed by atoms with Crippen molar-refractivity contribution in [1.29, 1.82) is 0 Å². The van der Waals surface area contributed by atoms with E-state index in [0.29, 0.717) is 18.9 Å². The van der Waals surface area contributed by atoms with E-state index in [1.165, 1.54) is 23.1 Å². The number of halogens is 2. The Morgan fingerprint density at radius 3 is 2.32 bits per heavy atom. The fraction of sp³-hybridized carbons (Fsp3) is 0.562. The average molecular weight is 310 g/mol. The number of likely N-dealkylation sites (tertiary alicyclic amines) is 1. The van der Waals surface area contributed by atoms with Gasteiger partial charge in [0.05, 0.1) is 6.04 Å². The number of hydrogen-bond acceptors (Lipinski definition) is 3. The van der Waals surface area contributed by atoms with Crippen LogP contribution in [0.5, 0.6) is 0 Å². The van der Waals surface area contributed by atoms with E-state index in [1.807, 2.05) is 0 Å². The molecule has 2 fully saturated rings. The number of piperidine rings is 1. The van der Waals surface area contributed by atoms with Gasteiger partial charge in [0.2, 0.25) is 5.91 Å². The number of aliphatic hydroxyl groups excluding tert-OH is 1. The highest BCUT2D eigenvalue weighted by Gasteiger charge is 2.39. The van der Waals surface area contributed by atoms with Crippen LogP contribution in [0.3, 0.4) is 0 Å². The standard InChI is InChI=1S/C16H20F2N2O2/c17-12-2-1-3-13(18)15(12)20-9-6-14(16(20)22)19-7-4-11(10-21)5-8-19/h1-3,11,14,21H,4-10H2. The van der Waals surface area contributed by atoms with Gasteiger partial charge in [-0.05, 0) is 50.4 Å². The topological polar surface area (TPSA) is 43.8 Å². The lowest BCUT2D eigenvalue weighted by molar-refractivity contribution is -0.122. The van der Waals surface area contributed by atoms with Gasteiger partial charge in [0.1, 0.15) is 17.3 Å². The Morgan fingerprint density at radius 1 is 1.09 bits per heavy atom. The molecule has 120 valence electrons. The van der Waals surface area contributed by atoms with Crippen molar-refractivity contribution in [3.8, 4) is 0 Å². The van der Waals surface area contributed by atoms with Crippen LogP contribution in [-0.2, 0) is 4.79 Å². The number of aliphatic hydroxyl groups is 1. The van der Waals surface area contributed by atoms with Crippen molar-refractivity contribution >= 4 is 11.6 Å². The highest BCUT2D eigenvalue weighted by Crippen LogP contribution is 2.30. The molecule has 1 atom stereocenters. The second kappa shape index (κ2) is 6.30. The molecule has 0 radical (unpaired) electrons. The summed E-state index contributed by atoms with van der Waals surface area (Å²) in [6.45, 7) is 2.00. The van der Waals surface area contributed by atoms with Crippen LogP contribution in [0.1, 0.15) is 19.3 Å². The minimum Gasteiger partial charge on any atom is -0.396 e. The molecule has 22 heavy (non-hydrogen) atoms. The van der Waals surface area contributed by atoms with Gasteiger partial charge >= 0.3 is 0 Å². The fourth-order valence-corrected chi connectivity index (χ4v) is 3.42. The zero-order chi connectivity index (χ0) is 15.7. The number of amides is 1. The van der Waals surface area contributed by atoms with Crippen LogP contribution < -0.4 is 4.90 Å². The molecule has 2 heterocycles. The van der Waals surface area contributed by atoms with Crippen LogP contribution in [0.4, 0.5) is 14.5 Å². The predicted molar refractivity (Wildman–Crippen MR) is 78.5 cm³/mol. The van der Waals surface area contributed by atoms with E-state index in [2.05, 4.69) is 4.90 Å². The molecule has 2 saturated heterocycles. The number of hydrogen-bond donors (Lipinski definition) is 1. The number of anilines is 1. The molecule has 1 amide bonds. The van der Waals surface area contributed by atoms with Gasteiger partial charge in [-0.1, -0.05) is 6.07 Å². The summed E-state index contributed by atoms with van der Waals surface area (Å²) in [7, 11) is 0. The van der Waals surface area contributed by atoms with Gasteiger partial charge < -0.3 is 10.0 Å². The second-order valence-electron chi connectivity index (χ2n) is 6.03. The molecule has 2 aliphatic heterocycles. The van der Waals surface area contributed by atoms with Gasteiger partial charge in [-0.2, -0.15) is 0 Å². The summed E-state index contributed by atoms with van der Waals surface area (Å²) < 4.78 is 27.7. The smallest absolute Gasteiger partial charge is 0.244 e. The van der Waals surface area contributed by atoms with Crippen LogP contribution >= 0.6 is 0 Å². The number of benzene rings is 1. The molecular formula is C16H20F2N2O2. The summed E-state index contributed by atoms with van der Waals surface area (Å²) in [5.74, 6) is -1.33. The maximum Gasteiger partial charge on any atom is 0.244 e. The second-order valence-corrected chi connectivity index (χ2v) is 6.03. The van der Waals surface area contributed by atoms with E-state index in [0.717, 1.165) is 25.9 Å². The third-order valence-corrected chi connectivity index (χ3v) is 4.73. The van der Waals surface area contributed by atoms with Gasteiger partial charge in [-0.25, -0.2) is 8.78 Å². The monoisotopic (exact) mass is 310 g/mol. The predicted octanol–water partition coefficient (Wildman–Crippen LogP) is 1.77. The van der Waals surface area contributed by atoms with Gasteiger partial charge in [0.15, 0.2) is 0 Å². The highest BCUT2D eigenvalue weighted by molar-refractivity contribution is 5.99. The largest absolute Gasteiger partial charge is 0.396 e. The summed E-state index contributed by atoms with van der Waals surface area (Å²) in [5, 5.41) is 9.17. The lowest BCUT2D eigenvalue weighted by Gasteiger charge is -2.34. The van der Waals surface area contributed by atoms with E-state index in [4.69, 9.17) is 5.11 Å². The molecule has 2 aliphatic rings. The highest BCUT2D eigenvalue weighted by atomic mass is 19.1. The molecule has 4 nitrogen and oxygen atoms in total. The Hall–Kier alpha value is -1.53. The van der Waals surface area contributed by atoms with Crippen molar-refractivity contribution in [3.05, 3.63) is 29.8 Å². The first-order valence-electron chi connectivity index (χ1n) is 7.72. The molecule has 0 bridgehead atoms.